The molecule has 6 heteroatoms. The Morgan fingerprint density at radius 2 is 0.611 bits per heavy atom. The van der Waals surface area contributed by atoms with Crippen LogP contribution in [0.25, 0.3) is 0 Å². The number of ether oxygens (including phenoxy) is 3. The molecule has 0 aromatic heterocycles. The van der Waals surface area contributed by atoms with Crippen molar-refractivity contribution in [1.29, 1.82) is 0 Å². The number of carbonyl (C=O) groups is 3. The van der Waals surface area contributed by atoms with Crippen LogP contribution in [-0.4, -0.2) is 37.2 Å². The molecule has 1 atom stereocenters. The zero-order valence-corrected chi connectivity index (χ0v) is 36.0. The molecule has 0 fully saturated rings. The lowest BCUT2D eigenvalue weighted by atomic mass is 10.1. The third-order valence-corrected chi connectivity index (χ3v) is 10.2. The van der Waals surface area contributed by atoms with Crippen LogP contribution in [0.3, 0.4) is 0 Å². The predicted molar refractivity (Wildman–Crippen MR) is 229 cm³/mol. The van der Waals surface area contributed by atoms with Gasteiger partial charge in [0, 0.05) is 19.3 Å². The maximum atomic E-state index is 12.7. The van der Waals surface area contributed by atoms with E-state index >= 15 is 0 Å². The Balaban J connectivity index is 4.36. The third kappa shape index (κ3) is 41.1. The smallest absolute Gasteiger partial charge is 0.306 e. The summed E-state index contributed by atoms with van der Waals surface area (Å²) in [4.78, 5) is 37.7. The molecule has 0 rings (SSSR count). The van der Waals surface area contributed by atoms with Gasteiger partial charge in [0.1, 0.15) is 13.2 Å². The van der Waals surface area contributed by atoms with Gasteiger partial charge in [-0.25, -0.2) is 0 Å². The molecule has 0 radical (unpaired) electrons. The topological polar surface area (TPSA) is 78.9 Å². The van der Waals surface area contributed by atoms with E-state index < -0.39 is 6.10 Å². The van der Waals surface area contributed by atoms with Crippen molar-refractivity contribution in [3.05, 3.63) is 24.3 Å². The Labute approximate surface area is 334 Å². The van der Waals surface area contributed by atoms with Gasteiger partial charge in [-0.05, 0) is 70.6 Å². The Bertz CT molecular complexity index is 880. The van der Waals surface area contributed by atoms with Crippen molar-refractivity contribution in [3.63, 3.8) is 0 Å². The SMILES string of the molecule is CCCCC/C=C\CCCCCCCC(=O)OC(COC(=O)CCCCCCC/C=C\CCCCCCC)COC(=O)CCCCCCCCCCCC. The summed E-state index contributed by atoms with van der Waals surface area (Å²) in [6.07, 6.45) is 47.2. The van der Waals surface area contributed by atoms with Crippen LogP contribution >= 0.6 is 0 Å². The highest BCUT2D eigenvalue weighted by molar-refractivity contribution is 5.71. The van der Waals surface area contributed by atoms with E-state index in [4.69, 9.17) is 14.2 Å². The first-order valence-corrected chi connectivity index (χ1v) is 23.3. The van der Waals surface area contributed by atoms with Crippen molar-refractivity contribution in [3.8, 4) is 0 Å². The molecule has 0 aliphatic carbocycles. The Morgan fingerprint density at radius 1 is 0.352 bits per heavy atom. The van der Waals surface area contributed by atoms with Crippen molar-refractivity contribution in [2.24, 2.45) is 0 Å². The number of unbranched alkanes of at least 4 members (excludes halogenated alkanes) is 27. The molecule has 0 saturated carbocycles. The van der Waals surface area contributed by atoms with E-state index in [0.29, 0.717) is 19.3 Å². The summed E-state index contributed by atoms with van der Waals surface area (Å²) in [5, 5.41) is 0. The molecular weight excluding hydrogens is 673 g/mol. The van der Waals surface area contributed by atoms with E-state index in [0.717, 1.165) is 70.6 Å². The molecule has 0 bridgehead atoms. The summed E-state index contributed by atoms with van der Waals surface area (Å²) < 4.78 is 16.7. The lowest BCUT2D eigenvalue weighted by Gasteiger charge is -2.18. The Kier molecular flexibility index (Phi) is 41.9. The highest BCUT2D eigenvalue weighted by Crippen LogP contribution is 2.14. The number of esters is 3. The number of hydrogen-bond donors (Lipinski definition) is 0. The van der Waals surface area contributed by atoms with Gasteiger partial charge >= 0.3 is 17.9 Å². The summed E-state index contributed by atoms with van der Waals surface area (Å²) in [6, 6.07) is 0. The normalized spacial score (nSPS) is 12.1. The minimum Gasteiger partial charge on any atom is -0.462 e. The van der Waals surface area contributed by atoms with Crippen molar-refractivity contribution in [1.82, 2.24) is 0 Å². The van der Waals surface area contributed by atoms with E-state index in [1.165, 1.54) is 135 Å². The van der Waals surface area contributed by atoms with Crippen LogP contribution in [0.2, 0.25) is 0 Å². The summed E-state index contributed by atoms with van der Waals surface area (Å²) >= 11 is 0. The average Bonchev–Trinajstić information content (AvgIpc) is 3.17. The second-order valence-corrected chi connectivity index (χ2v) is 15.7. The summed E-state index contributed by atoms with van der Waals surface area (Å²) in [5.74, 6) is -0.889. The summed E-state index contributed by atoms with van der Waals surface area (Å²) in [6.45, 7) is 6.58. The fourth-order valence-electron chi connectivity index (χ4n) is 6.61. The predicted octanol–water partition coefficient (Wildman–Crippen LogP) is 14.8. The molecular formula is C48H88O6. The van der Waals surface area contributed by atoms with Crippen LogP contribution in [0, 0.1) is 0 Å². The third-order valence-electron chi connectivity index (χ3n) is 10.2. The summed E-state index contributed by atoms with van der Waals surface area (Å²) in [7, 11) is 0. The van der Waals surface area contributed by atoms with Gasteiger partial charge in [-0.1, -0.05) is 180 Å². The van der Waals surface area contributed by atoms with Gasteiger partial charge in [0.05, 0.1) is 0 Å². The molecule has 0 spiro atoms. The van der Waals surface area contributed by atoms with Gasteiger partial charge in [0.15, 0.2) is 6.10 Å². The first kappa shape index (κ1) is 51.9. The minimum atomic E-state index is -0.772. The van der Waals surface area contributed by atoms with E-state index in [2.05, 4.69) is 45.1 Å². The van der Waals surface area contributed by atoms with Gasteiger partial charge in [-0.15, -0.1) is 0 Å². The molecule has 316 valence electrons. The zero-order chi connectivity index (χ0) is 39.4. The standard InChI is InChI=1S/C48H88O6/c1-4-7-10-13-16-19-22-24-25-27-29-32-35-38-41-47(50)53-44-45(43-52-46(49)40-37-34-31-28-21-18-15-12-9-6-3)54-48(51)42-39-36-33-30-26-23-20-17-14-11-8-5-2/h17,20,22,24,45H,4-16,18-19,21,23,25-44H2,1-3H3/b20-17-,24-22-. The molecule has 6 nitrogen and oxygen atoms in total. The van der Waals surface area contributed by atoms with Gasteiger partial charge in [0.2, 0.25) is 0 Å². The molecule has 0 aromatic rings. The van der Waals surface area contributed by atoms with Crippen molar-refractivity contribution in [2.75, 3.05) is 13.2 Å². The first-order chi connectivity index (χ1) is 26.5. The highest BCUT2D eigenvalue weighted by atomic mass is 16.6. The fraction of sp³-hybridized carbons (Fsp3) is 0.854. The fourth-order valence-corrected chi connectivity index (χ4v) is 6.61. The maximum Gasteiger partial charge on any atom is 0.306 e. The lowest BCUT2D eigenvalue weighted by molar-refractivity contribution is -0.167. The van der Waals surface area contributed by atoms with Crippen LogP contribution in [-0.2, 0) is 28.6 Å². The molecule has 0 aromatic carbocycles. The van der Waals surface area contributed by atoms with Crippen molar-refractivity contribution in [2.45, 2.75) is 252 Å². The zero-order valence-electron chi connectivity index (χ0n) is 36.0. The summed E-state index contributed by atoms with van der Waals surface area (Å²) in [5.41, 5.74) is 0. The van der Waals surface area contributed by atoms with Crippen LogP contribution in [0.15, 0.2) is 24.3 Å². The molecule has 0 heterocycles. The molecule has 54 heavy (non-hydrogen) atoms. The molecule has 0 saturated heterocycles. The molecule has 1 unspecified atom stereocenters. The molecule has 0 amide bonds. The van der Waals surface area contributed by atoms with Gasteiger partial charge < -0.3 is 14.2 Å². The quantitative estimate of drug-likeness (QED) is 0.0267. The minimum absolute atomic E-state index is 0.0745. The second kappa shape index (κ2) is 43.6. The van der Waals surface area contributed by atoms with Crippen LogP contribution in [0.5, 0.6) is 0 Å². The van der Waals surface area contributed by atoms with E-state index in [-0.39, 0.29) is 31.1 Å². The van der Waals surface area contributed by atoms with Crippen LogP contribution in [0.4, 0.5) is 0 Å². The molecule has 0 N–H and O–H groups in total. The highest BCUT2D eigenvalue weighted by Gasteiger charge is 2.19. The first-order valence-electron chi connectivity index (χ1n) is 23.3. The van der Waals surface area contributed by atoms with Gasteiger partial charge in [-0.3, -0.25) is 14.4 Å². The average molecular weight is 761 g/mol. The molecule has 0 aliphatic rings. The Hall–Kier alpha value is -2.11. The second-order valence-electron chi connectivity index (χ2n) is 15.7. The van der Waals surface area contributed by atoms with Crippen molar-refractivity contribution >= 4 is 17.9 Å². The van der Waals surface area contributed by atoms with Gasteiger partial charge in [0.25, 0.3) is 0 Å². The van der Waals surface area contributed by atoms with E-state index in [1.807, 2.05) is 0 Å². The molecule has 0 aliphatic heterocycles. The van der Waals surface area contributed by atoms with Crippen LogP contribution in [0.1, 0.15) is 245 Å². The number of allylic oxidation sites excluding steroid dienone is 4. The largest absolute Gasteiger partial charge is 0.462 e. The number of hydrogen-bond acceptors (Lipinski definition) is 6. The Morgan fingerprint density at radius 3 is 0.963 bits per heavy atom. The van der Waals surface area contributed by atoms with Crippen molar-refractivity contribution < 1.29 is 28.6 Å². The number of carbonyl (C=O) groups excluding carboxylic acids is 3. The monoisotopic (exact) mass is 761 g/mol. The van der Waals surface area contributed by atoms with E-state index in [1.54, 1.807) is 0 Å². The lowest BCUT2D eigenvalue weighted by Crippen LogP contribution is -2.30. The number of rotatable bonds is 42. The van der Waals surface area contributed by atoms with E-state index in [9.17, 15) is 14.4 Å². The van der Waals surface area contributed by atoms with Crippen LogP contribution < -0.4 is 0 Å². The van der Waals surface area contributed by atoms with Gasteiger partial charge in [-0.2, -0.15) is 0 Å². The maximum absolute atomic E-state index is 12.7.